The Kier molecular flexibility index (Phi) is 3.71. The predicted molar refractivity (Wildman–Crippen MR) is 77.1 cm³/mol. The predicted octanol–water partition coefficient (Wildman–Crippen LogP) is 1.66. The van der Waals surface area contributed by atoms with Crippen LogP contribution in [-0.4, -0.2) is 43.2 Å². The third kappa shape index (κ3) is 2.41. The van der Waals surface area contributed by atoms with Gasteiger partial charge < -0.3 is 15.5 Å². The molecule has 0 bridgehead atoms. The van der Waals surface area contributed by atoms with E-state index in [1.165, 1.54) is 4.90 Å². The first-order chi connectivity index (χ1) is 8.50. The maximum atomic E-state index is 12.1. The molecule has 1 amide bonds. The molecule has 2 N–H and O–H groups in total. The third-order valence-corrected chi connectivity index (χ3v) is 4.19. The summed E-state index contributed by atoms with van der Waals surface area (Å²) in [7, 11) is 3.58. The van der Waals surface area contributed by atoms with E-state index in [0.717, 1.165) is 23.7 Å². The largest absolute Gasteiger partial charge is 0.399 e. The van der Waals surface area contributed by atoms with Crippen molar-refractivity contribution in [3.8, 4) is 0 Å². The number of nitrogens with zero attached hydrogens (tertiary/aromatic N) is 2. The molecule has 4 nitrogen and oxygen atoms in total. The number of hydrogen-bond donors (Lipinski definition) is 1. The molecule has 1 aromatic carbocycles. The lowest BCUT2D eigenvalue weighted by Gasteiger charge is -2.36. The number of benzene rings is 1. The number of thioether (sulfide) groups is 1. The Hall–Kier alpha value is -1.36. The number of fused-ring (bicyclic) bond motifs is 1. The highest BCUT2D eigenvalue weighted by molar-refractivity contribution is 7.99. The van der Waals surface area contributed by atoms with Crippen LogP contribution in [0.15, 0.2) is 23.1 Å². The zero-order valence-corrected chi connectivity index (χ0v) is 11.8. The monoisotopic (exact) mass is 265 g/mol. The molecule has 0 saturated carbocycles. The lowest BCUT2D eigenvalue weighted by Crippen LogP contribution is -2.46. The minimum absolute atomic E-state index is 0.121. The van der Waals surface area contributed by atoms with Crippen LogP contribution >= 0.6 is 11.8 Å². The van der Waals surface area contributed by atoms with Gasteiger partial charge in [-0.1, -0.05) is 0 Å². The summed E-state index contributed by atoms with van der Waals surface area (Å²) in [5.41, 5.74) is 7.67. The fourth-order valence-corrected chi connectivity index (χ4v) is 3.16. The van der Waals surface area contributed by atoms with Crippen LogP contribution in [0.4, 0.5) is 11.4 Å². The highest BCUT2D eigenvalue weighted by Gasteiger charge is 2.27. The van der Waals surface area contributed by atoms with Gasteiger partial charge in [-0.25, -0.2) is 0 Å². The molecular formula is C13H19N3OS. The number of amides is 1. The van der Waals surface area contributed by atoms with Gasteiger partial charge in [-0.15, -0.1) is 11.8 Å². The number of likely N-dealkylation sites (N-methyl/N-ethyl adjacent to an activating group) is 1. The van der Waals surface area contributed by atoms with Gasteiger partial charge in [0, 0.05) is 37.0 Å². The molecule has 1 aliphatic heterocycles. The standard InChI is InChI=1S/C13H19N3OS/c1-9(13(17)15(2)3)16-6-7-18-12-5-4-10(14)8-11(12)16/h4-5,8-9H,6-7,14H2,1-3H3. The van der Waals surface area contributed by atoms with Gasteiger partial charge in [0.15, 0.2) is 0 Å². The number of hydrogen-bond acceptors (Lipinski definition) is 4. The number of rotatable bonds is 2. The molecule has 0 fully saturated rings. The summed E-state index contributed by atoms with van der Waals surface area (Å²) in [4.78, 5) is 17.1. The number of carbonyl (C=O) groups excluding carboxylic acids is 1. The van der Waals surface area contributed by atoms with Crippen LogP contribution in [-0.2, 0) is 4.79 Å². The van der Waals surface area contributed by atoms with Crippen molar-refractivity contribution in [1.29, 1.82) is 0 Å². The Bertz CT molecular complexity index is 462. The molecule has 0 aromatic heterocycles. The van der Waals surface area contributed by atoms with Crippen LogP contribution in [0.1, 0.15) is 6.92 Å². The highest BCUT2D eigenvalue weighted by Crippen LogP contribution is 2.37. The first-order valence-electron chi connectivity index (χ1n) is 6.01. The second kappa shape index (κ2) is 5.10. The molecule has 1 aliphatic rings. The highest BCUT2D eigenvalue weighted by atomic mass is 32.2. The fourth-order valence-electron chi connectivity index (χ4n) is 2.16. The van der Waals surface area contributed by atoms with E-state index in [1.807, 2.05) is 36.9 Å². The second-order valence-electron chi connectivity index (χ2n) is 4.68. The molecule has 2 rings (SSSR count). The minimum atomic E-state index is -0.151. The lowest BCUT2D eigenvalue weighted by atomic mass is 10.2. The van der Waals surface area contributed by atoms with Crippen molar-refractivity contribution in [1.82, 2.24) is 4.90 Å². The van der Waals surface area contributed by atoms with Gasteiger partial charge in [-0.3, -0.25) is 4.79 Å². The molecule has 1 heterocycles. The molecule has 0 saturated heterocycles. The smallest absolute Gasteiger partial charge is 0.244 e. The van der Waals surface area contributed by atoms with E-state index in [4.69, 9.17) is 5.73 Å². The number of nitrogen functional groups attached to an aromatic ring is 1. The first kappa shape index (κ1) is 13.1. The number of nitrogens with two attached hydrogens (primary N) is 1. The van der Waals surface area contributed by atoms with Crippen molar-refractivity contribution in [3.05, 3.63) is 18.2 Å². The number of anilines is 2. The van der Waals surface area contributed by atoms with Crippen LogP contribution < -0.4 is 10.6 Å². The van der Waals surface area contributed by atoms with Crippen molar-refractivity contribution < 1.29 is 4.79 Å². The number of carbonyl (C=O) groups is 1. The van der Waals surface area contributed by atoms with Crippen molar-refractivity contribution in [2.24, 2.45) is 0 Å². The topological polar surface area (TPSA) is 49.6 Å². The summed E-state index contributed by atoms with van der Waals surface area (Å²) in [6, 6.07) is 5.75. The van der Waals surface area contributed by atoms with Crippen molar-refractivity contribution in [2.45, 2.75) is 17.9 Å². The summed E-state index contributed by atoms with van der Waals surface area (Å²) in [5.74, 6) is 1.12. The van der Waals surface area contributed by atoms with Gasteiger partial charge >= 0.3 is 0 Å². The Labute approximate surface area is 112 Å². The minimum Gasteiger partial charge on any atom is -0.399 e. The van der Waals surface area contributed by atoms with E-state index in [0.29, 0.717) is 0 Å². The zero-order valence-electron chi connectivity index (χ0n) is 11.0. The van der Waals surface area contributed by atoms with Crippen LogP contribution in [0.2, 0.25) is 0 Å². The Morgan fingerprint density at radius 1 is 1.50 bits per heavy atom. The average Bonchev–Trinajstić information content (AvgIpc) is 2.36. The summed E-state index contributed by atoms with van der Waals surface area (Å²) >= 11 is 1.82. The average molecular weight is 265 g/mol. The van der Waals surface area contributed by atoms with Crippen LogP contribution in [0, 0.1) is 0 Å². The molecule has 0 aliphatic carbocycles. The van der Waals surface area contributed by atoms with E-state index < -0.39 is 0 Å². The Morgan fingerprint density at radius 3 is 2.89 bits per heavy atom. The van der Waals surface area contributed by atoms with Gasteiger partial charge in [0.05, 0.1) is 5.69 Å². The van der Waals surface area contributed by atoms with Gasteiger partial charge in [-0.05, 0) is 25.1 Å². The quantitative estimate of drug-likeness (QED) is 0.826. The maximum Gasteiger partial charge on any atom is 0.244 e. The fraction of sp³-hybridized carbons (Fsp3) is 0.462. The van der Waals surface area contributed by atoms with Gasteiger partial charge in [0.1, 0.15) is 6.04 Å². The molecule has 0 spiro atoms. The molecule has 5 heteroatoms. The van der Waals surface area contributed by atoms with Gasteiger partial charge in [-0.2, -0.15) is 0 Å². The Morgan fingerprint density at radius 2 is 2.22 bits per heavy atom. The normalized spacial score (nSPS) is 16.1. The summed E-state index contributed by atoms with van der Waals surface area (Å²) in [5, 5.41) is 0. The second-order valence-corrected chi connectivity index (χ2v) is 5.81. The summed E-state index contributed by atoms with van der Waals surface area (Å²) in [6.45, 7) is 2.83. The molecule has 1 unspecified atom stereocenters. The SMILES string of the molecule is CC(C(=O)N(C)C)N1CCSc2ccc(N)cc21. The van der Waals surface area contributed by atoms with Crippen molar-refractivity contribution in [2.75, 3.05) is 37.0 Å². The lowest BCUT2D eigenvalue weighted by molar-refractivity contribution is -0.129. The Balaban J connectivity index is 2.32. The van der Waals surface area contributed by atoms with Crippen LogP contribution in [0.5, 0.6) is 0 Å². The van der Waals surface area contributed by atoms with Crippen LogP contribution in [0.3, 0.4) is 0 Å². The van der Waals surface area contributed by atoms with E-state index in [1.54, 1.807) is 19.0 Å². The molecule has 98 valence electrons. The molecule has 0 radical (unpaired) electrons. The van der Waals surface area contributed by atoms with Crippen molar-refractivity contribution >= 4 is 29.0 Å². The van der Waals surface area contributed by atoms with Crippen LogP contribution in [0.25, 0.3) is 0 Å². The van der Waals surface area contributed by atoms with E-state index in [9.17, 15) is 4.79 Å². The van der Waals surface area contributed by atoms with E-state index in [-0.39, 0.29) is 11.9 Å². The van der Waals surface area contributed by atoms with Gasteiger partial charge in [0.25, 0.3) is 0 Å². The van der Waals surface area contributed by atoms with E-state index >= 15 is 0 Å². The zero-order chi connectivity index (χ0) is 13.3. The maximum absolute atomic E-state index is 12.1. The van der Waals surface area contributed by atoms with Gasteiger partial charge in [0.2, 0.25) is 5.91 Å². The summed E-state index contributed by atoms with van der Waals surface area (Å²) in [6.07, 6.45) is 0. The first-order valence-corrected chi connectivity index (χ1v) is 6.99. The third-order valence-electron chi connectivity index (χ3n) is 3.15. The molecule has 18 heavy (non-hydrogen) atoms. The van der Waals surface area contributed by atoms with Crippen molar-refractivity contribution in [3.63, 3.8) is 0 Å². The van der Waals surface area contributed by atoms with E-state index in [2.05, 4.69) is 4.90 Å². The molecule has 1 aromatic rings. The summed E-state index contributed by atoms with van der Waals surface area (Å²) < 4.78 is 0. The molecule has 1 atom stereocenters. The molecular weight excluding hydrogens is 246 g/mol.